The number of aliphatic carboxylic acids is 1. The zero-order chi connectivity index (χ0) is 23.2. The van der Waals surface area contributed by atoms with Gasteiger partial charge in [0, 0.05) is 28.0 Å². The number of carboxylic acids is 1. The molecule has 0 atom stereocenters. The van der Waals surface area contributed by atoms with Gasteiger partial charge in [-0.15, -0.1) is 0 Å². The summed E-state index contributed by atoms with van der Waals surface area (Å²) in [7, 11) is 1.63. The van der Waals surface area contributed by atoms with Gasteiger partial charge in [0.15, 0.2) is 11.5 Å². The number of nitrogens with one attached hydrogen (secondary N) is 1. The lowest BCUT2D eigenvalue weighted by Gasteiger charge is -2.12. The number of hydrogen-bond acceptors (Lipinski definition) is 6. The van der Waals surface area contributed by atoms with Crippen molar-refractivity contribution in [3.05, 3.63) is 83.0 Å². The molecular formula is C25H21BrN4O3. The number of hydrazone groups is 1. The normalized spacial score (nSPS) is 11.4. The molecule has 0 radical (unpaired) electrons. The summed E-state index contributed by atoms with van der Waals surface area (Å²) >= 11 is 3.43. The van der Waals surface area contributed by atoms with Crippen LogP contribution < -0.4 is 10.2 Å². The van der Waals surface area contributed by atoms with Crippen molar-refractivity contribution in [2.75, 3.05) is 12.5 Å². The van der Waals surface area contributed by atoms with E-state index in [1.807, 2.05) is 66.7 Å². The molecule has 0 fully saturated rings. The monoisotopic (exact) mass is 504 g/mol. The van der Waals surface area contributed by atoms with Crippen LogP contribution in [0, 0.1) is 0 Å². The average Bonchev–Trinajstić information content (AvgIpc) is 2.84. The molecule has 0 aliphatic rings. The van der Waals surface area contributed by atoms with E-state index >= 15 is 0 Å². The standard InChI is InChI=1S/C25H21BrN4O3/c1-33-20-10-6-16(7-11-20)21-15-18-3-2-14-27-24(18)28-25(21)30-29-22(12-13-23(31)32)17-4-8-19(26)9-5-17/h2-11,14-15H,12-13H2,1H3,(H,31,32)(H,27,28,30)/b29-22+. The van der Waals surface area contributed by atoms with Crippen LogP contribution in [0.3, 0.4) is 0 Å². The van der Waals surface area contributed by atoms with Crippen molar-refractivity contribution in [1.29, 1.82) is 0 Å². The molecule has 0 saturated carbocycles. The van der Waals surface area contributed by atoms with Gasteiger partial charge < -0.3 is 9.84 Å². The first kappa shape index (κ1) is 22.4. The molecule has 4 aromatic rings. The smallest absolute Gasteiger partial charge is 0.303 e. The summed E-state index contributed by atoms with van der Waals surface area (Å²) in [5, 5.41) is 14.6. The molecule has 4 rings (SSSR count). The largest absolute Gasteiger partial charge is 0.497 e. The van der Waals surface area contributed by atoms with Gasteiger partial charge in [0.2, 0.25) is 0 Å². The average molecular weight is 505 g/mol. The number of ether oxygens (including phenoxy) is 1. The third-order valence-electron chi connectivity index (χ3n) is 5.04. The molecule has 33 heavy (non-hydrogen) atoms. The lowest BCUT2D eigenvalue weighted by atomic mass is 10.0. The highest BCUT2D eigenvalue weighted by Crippen LogP contribution is 2.31. The van der Waals surface area contributed by atoms with Crippen molar-refractivity contribution in [1.82, 2.24) is 9.97 Å². The second kappa shape index (κ2) is 10.2. The lowest BCUT2D eigenvalue weighted by molar-refractivity contribution is -0.136. The second-order valence-electron chi connectivity index (χ2n) is 7.23. The number of pyridine rings is 2. The van der Waals surface area contributed by atoms with Crippen LogP contribution >= 0.6 is 15.9 Å². The number of rotatable bonds is 8. The first-order valence-electron chi connectivity index (χ1n) is 10.2. The predicted molar refractivity (Wildman–Crippen MR) is 133 cm³/mol. The van der Waals surface area contributed by atoms with Crippen molar-refractivity contribution >= 4 is 44.5 Å². The maximum absolute atomic E-state index is 11.2. The minimum absolute atomic E-state index is 0.0331. The van der Waals surface area contributed by atoms with Gasteiger partial charge in [0.1, 0.15) is 5.75 Å². The Balaban J connectivity index is 1.76. The third-order valence-corrected chi connectivity index (χ3v) is 5.57. The van der Waals surface area contributed by atoms with E-state index in [4.69, 9.17) is 4.74 Å². The zero-order valence-corrected chi connectivity index (χ0v) is 19.4. The molecule has 2 heterocycles. The van der Waals surface area contributed by atoms with Gasteiger partial charge in [-0.05, 0) is 53.6 Å². The summed E-state index contributed by atoms with van der Waals surface area (Å²) in [4.78, 5) is 20.2. The number of aromatic nitrogens is 2. The first-order valence-corrected chi connectivity index (χ1v) is 11.0. The van der Waals surface area contributed by atoms with E-state index in [-0.39, 0.29) is 12.8 Å². The van der Waals surface area contributed by atoms with Crippen LogP contribution in [-0.2, 0) is 4.79 Å². The molecule has 0 unspecified atom stereocenters. The fourth-order valence-electron chi connectivity index (χ4n) is 3.33. The van der Waals surface area contributed by atoms with Crippen LogP contribution in [0.5, 0.6) is 5.75 Å². The van der Waals surface area contributed by atoms with E-state index < -0.39 is 5.97 Å². The molecular weight excluding hydrogens is 484 g/mol. The minimum atomic E-state index is -0.883. The maximum Gasteiger partial charge on any atom is 0.303 e. The summed E-state index contributed by atoms with van der Waals surface area (Å²) in [6, 6.07) is 21.1. The third kappa shape index (κ3) is 5.53. The van der Waals surface area contributed by atoms with E-state index in [2.05, 4.69) is 36.4 Å². The molecule has 0 amide bonds. The number of nitrogens with zero attached hydrogens (tertiary/aromatic N) is 3. The topological polar surface area (TPSA) is 96.7 Å². The van der Waals surface area contributed by atoms with E-state index in [0.717, 1.165) is 32.3 Å². The van der Waals surface area contributed by atoms with Crippen molar-refractivity contribution in [2.45, 2.75) is 12.8 Å². The summed E-state index contributed by atoms with van der Waals surface area (Å²) in [6.45, 7) is 0. The molecule has 166 valence electrons. The highest BCUT2D eigenvalue weighted by Gasteiger charge is 2.12. The van der Waals surface area contributed by atoms with Gasteiger partial charge in [-0.1, -0.05) is 40.2 Å². The van der Waals surface area contributed by atoms with Crippen molar-refractivity contribution in [3.8, 4) is 16.9 Å². The van der Waals surface area contributed by atoms with E-state index in [1.54, 1.807) is 13.3 Å². The van der Waals surface area contributed by atoms with Crippen molar-refractivity contribution in [3.63, 3.8) is 0 Å². The van der Waals surface area contributed by atoms with Gasteiger partial charge in [-0.25, -0.2) is 9.97 Å². The fourth-order valence-corrected chi connectivity index (χ4v) is 3.60. The Morgan fingerprint density at radius 3 is 2.55 bits per heavy atom. The highest BCUT2D eigenvalue weighted by molar-refractivity contribution is 9.10. The molecule has 0 saturated heterocycles. The fraction of sp³-hybridized carbons (Fsp3) is 0.120. The molecule has 0 bridgehead atoms. The lowest BCUT2D eigenvalue weighted by Crippen LogP contribution is -2.09. The molecule has 8 heteroatoms. The van der Waals surface area contributed by atoms with E-state index in [0.29, 0.717) is 17.2 Å². The number of methoxy groups -OCH3 is 1. The number of fused-ring (bicyclic) bond motifs is 1. The van der Waals surface area contributed by atoms with Crippen LogP contribution in [0.15, 0.2) is 82.5 Å². The van der Waals surface area contributed by atoms with Crippen LogP contribution in [0.25, 0.3) is 22.2 Å². The SMILES string of the molecule is COc1ccc(-c2cc3cccnc3nc2N/N=C(\CCC(=O)O)c2ccc(Br)cc2)cc1. The number of hydrogen-bond donors (Lipinski definition) is 2. The highest BCUT2D eigenvalue weighted by atomic mass is 79.9. The molecule has 0 aliphatic heterocycles. The summed E-state index contributed by atoms with van der Waals surface area (Å²) in [5.41, 5.74) is 6.88. The van der Waals surface area contributed by atoms with E-state index in [1.165, 1.54) is 0 Å². The number of carbonyl (C=O) groups is 1. The van der Waals surface area contributed by atoms with Gasteiger partial charge in [0.25, 0.3) is 0 Å². The van der Waals surface area contributed by atoms with Crippen LogP contribution in [0.2, 0.25) is 0 Å². The van der Waals surface area contributed by atoms with Crippen molar-refractivity contribution in [2.24, 2.45) is 5.10 Å². The molecule has 2 N–H and O–H groups in total. The number of benzene rings is 2. The number of anilines is 1. The van der Waals surface area contributed by atoms with Crippen LogP contribution in [-0.4, -0.2) is 33.9 Å². The number of carboxylic acid groups (broad SMARTS) is 1. The Labute approximate surface area is 199 Å². The van der Waals surface area contributed by atoms with E-state index in [9.17, 15) is 9.90 Å². The molecule has 2 aromatic heterocycles. The zero-order valence-electron chi connectivity index (χ0n) is 17.8. The van der Waals surface area contributed by atoms with Crippen LogP contribution in [0.4, 0.5) is 5.82 Å². The maximum atomic E-state index is 11.2. The van der Waals surface area contributed by atoms with Crippen molar-refractivity contribution < 1.29 is 14.6 Å². The molecule has 0 spiro atoms. The molecule has 7 nitrogen and oxygen atoms in total. The Hall–Kier alpha value is -3.78. The Morgan fingerprint density at radius 2 is 1.85 bits per heavy atom. The van der Waals surface area contributed by atoms with Gasteiger partial charge >= 0.3 is 5.97 Å². The summed E-state index contributed by atoms with van der Waals surface area (Å²) < 4.78 is 6.21. The summed E-state index contributed by atoms with van der Waals surface area (Å²) in [5.74, 6) is 0.399. The second-order valence-corrected chi connectivity index (χ2v) is 8.15. The predicted octanol–water partition coefficient (Wildman–Crippen LogP) is 5.75. The molecule has 0 aliphatic carbocycles. The van der Waals surface area contributed by atoms with Crippen LogP contribution in [0.1, 0.15) is 18.4 Å². The molecule has 2 aromatic carbocycles. The Bertz CT molecular complexity index is 1310. The first-order chi connectivity index (χ1) is 16.0. The van der Waals surface area contributed by atoms with Gasteiger partial charge in [-0.3, -0.25) is 10.2 Å². The summed E-state index contributed by atoms with van der Waals surface area (Å²) in [6.07, 6.45) is 1.93. The minimum Gasteiger partial charge on any atom is -0.497 e. The Kier molecular flexibility index (Phi) is 6.95. The number of halogens is 1. The van der Waals surface area contributed by atoms with Gasteiger partial charge in [-0.2, -0.15) is 5.10 Å². The Morgan fingerprint density at radius 1 is 1.09 bits per heavy atom. The quantitative estimate of drug-likeness (QED) is 0.234. The van der Waals surface area contributed by atoms with Gasteiger partial charge in [0.05, 0.1) is 19.2 Å².